The Bertz CT molecular complexity index is 557. The molecule has 0 atom stereocenters. The quantitative estimate of drug-likeness (QED) is 0.572. The van der Waals surface area contributed by atoms with Crippen LogP contribution in [0.5, 0.6) is 0 Å². The molecule has 18 heavy (non-hydrogen) atoms. The highest BCUT2D eigenvalue weighted by Crippen LogP contribution is 2.29. The zero-order valence-corrected chi connectivity index (χ0v) is 10.4. The largest absolute Gasteiger partial charge is 0.364 e. The van der Waals surface area contributed by atoms with Crippen molar-refractivity contribution < 1.29 is 14.4 Å². The van der Waals surface area contributed by atoms with E-state index >= 15 is 0 Å². The predicted octanol–water partition coefficient (Wildman–Crippen LogP) is -0.230. The third kappa shape index (κ3) is 1.61. The fourth-order valence-corrected chi connectivity index (χ4v) is 2.56. The maximum Gasteiger partial charge on any atom is 0.292 e. The van der Waals surface area contributed by atoms with Crippen LogP contribution in [0.1, 0.15) is 38.5 Å². The molecular weight excluding hydrogens is 234 g/mol. The summed E-state index contributed by atoms with van der Waals surface area (Å²) in [5, 5.41) is 2.31. The minimum absolute atomic E-state index is 0.334. The van der Waals surface area contributed by atoms with E-state index < -0.39 is 17.6 Å². The van der Waals surface area contributed by atoms with E-state index in [1.165, 1.54) is 7.05 Å². The molecule has 2 rings (SSSR count). The van der Waals surface area contributed by atoms with Gasteiger partial charge in [0.2, 0.25) is 0 Å². The number of aromatic nitrogens is 1. The molecule has 0 aromatic carbocycles. The molecule has 0 spiro atoms. The Balaban J connectivity index is 2.62. The number of Topliss-reactive ketones (excluding diaryl/α,β-unsaturated/α-hetero) is 1. The smallest absolute Gasteiger partial charge is 0.292 e. The average molecular weight is 249 g/mol. The molecule has 3 N–H and O–H groups in total. The molecule has 96 valence electrons. The number of carbonyl (C=O) groups is 3. The van der Waals surface area contributed by atoms with Crippen LogP contribution in [-0.4, -0.2) is 29.2 Å². The molecule has 0 saturated carbocycles. The molecule has 0 aliphatic carbocycles. The van der Waals surface area contributed by atoms with Crippen molar-refractivity contribution >= 4 is 17.6 Å². The van der Waals surface area contributed by atoms with Gasteiger partial charge >= 0.3 is 0 Å². The molecule has 1 aliphatic heterocycles. The molecule has 2 amide bonds. The Morgan fingerprint density at radius 3 is 2.56 bits per heavy atom. The second kappa shape index (κ2) is 4.29. The van der Waals surface area contributed by atoms with Crippen molar-refractivity contribution in [2.75, 3.05) is 7.05 Å². The highest BCUT2D eigenvalue weighted by atomic mass is 16.2. The fourth-order valence-electron chi connectivity index (χ4n) is 2.56. The van der Waals surface area contributed by atoms with Crippen molar-refractivity contribution in [2.45, 2.75) is 26.3 Å². The van der Waals surface area contributed by atoms with Crippen LogP contribution in [0, 0.1) is 6.92 Å². The lowest BCUT2D eigenvalue weighted by atomic mass is 10.0. The zero-order valence-electron chi connectivity index (χ0n) is 10.4. The van der Waals surface area contributed by atoms with E-state index in [1.54, 1.807) is 11.5 Å². The number of primary amides is 1. The number of nitrogens with zero attached hydrogens (tertiary/aromatic N) is 1. The lowest BCUT2D eigenvalue weighted by Crippen LogP contribution is -2.28. The van der Waals surface area contributed by atoms with Gasteiger partial charge in [-0.3, -0.25) is 14.4 Å². The number of hydrogen-bond acceptors (Lipinski definition) is 3. The Morgan fingerprint density at radius 2 is 2.00 bits per heavy atom. The molecule has 6 heteroatoms. The monoisotopic (exact) mass is 249 g/mol. The number of amides is 2. The van der Waals surface area contributed by atoms with Crippen LogP contribution in [0.2, 0.25) is 0 Å². The first-order valence-corrected chi connectivity index (χ1v) is 5.77. The number of fused-ring (bicyclic) bond motifs is 1. The summed E-state index contributed by atoms with van der Waals surface area (Å²) < 4.78 is 1.76. The second-order valence-electron chi connectivity index (χ2n) is 4.32. The van der Waals surface area contributed by atoms with E-state index in [1.807, 2.05) is 0 Å². The maximum atomic E-state index is 12.0. The summed E-state index contributed by atoms with van der Waals surface area (Å²) in [7, 11) is 1.40. The predicted molar refractivity (Wildman–Crippen MR) is 64.4 cm³/mol. The molecule has 0 unspecified atom stereocenters. The van der Waals surface area contributed by atoms with Crippen LogP contribution < -0.4 is 11.1 Å². The molecule has 1 aromatic rings. The van der Waals surface area contributed by atoms with E-state index in [0.717, 1.165) is 12.1 Å². The Morgan fingerprint density at radius 1 is 1.33 bits per heavy atom. The van der Waals surface area contributed by atoms with Crippen molar-refractivity contribution in [1.82, 2.24) is 9.88 Å². The van der Waals surface area contributed by atoms with E-state index in [-0.39, 0.29) is 0 Å². The summed E-state index contributed by atoms with van der Waals surface area (Å²) in [6, 6.07) is 0. The minimum Gasteiger partial charge on any atom is -0.364 e. The highest BCUT2D eigenvalue weighted by Gasteiger charge is 2.31. The number of likely N-dealkylation sites (N-methyl/N-ethyl adjacent to an activating group) is 1. The summed E-state index contributed by atoms with van der Waals surface area (Å²) in [6.07, 6.45) is 1.54. The van der Waals surface area contributed by atoms with E-state index in [9.17, 15) is 14.4 Å². The molecule has 1 aliphatic rings. The average Bonchev–Trinajstić information content (AvgIpc) is 2.85. The SMILES string of the molecule is CNC(=O)C(=O)c1c(C)c(C(N)=O)n2c1CCC2. The van der Waals surface area contributed by atoms with E-state index in [0.29, 0.717) is 29.8 Å². The number of nitrogens with two attached hydrogens (primary N) is 1. The lowest BCUT2D eigenvalue weighted by Gasteiger charge is -2.02. The minimum atomic E-state index is -0.672. The van der Waals surface area contributed by atoms with Crippen molar-refractivity contribution in [3.63, 3.8) is 0 Å². The molecule has 0 saturated heterocycles. The van der Waals surface area contributed by atoms with Crippen molar-refractivity contribution in [3.8, 4) is 0 Å². The molecule has 1 aromatic heterocycles. The van der Waals surface area contributed by atoms with Crippen LogP contribution in [-0.2, 0) is 17.8 Å². The third-order valence-electron chi connectivity index (χ3n) is 3.30. The van der Waals surface area contributed by atoms with Gasteiger partial charge in [-0.25, -0.2) is 0 Å². The van der Waals surface area contributed by atoms with Gasteiger partial charge in [-0.05, 0) is 25.3 Å². The summed E-state index contributed by atoms with van der Waals surface area (Å²) in [5.74, 6) is -1.84. The molecule has 2 heterocycles. The van der Waals surface area contributed by atoms with Gasteiger partial charge in [0.25, 0.3) is 17.6 Å². The molecule has 0 radical (unpaired) electrons. The van der Waals surface area contributed by atoms with Gasteiger partial charge in [0.1, 0.15) is 5.69 Å². The third-order valence-corrected chi connectivity index (χ3v) is 3.30. The summed E-state index contributed by atoms with van der Waals surface area (Å²) >= 11 is 0. The molecule has 6 nitrogen and oxygen atoms in total. The Kier molecular flexibility index (Phi) is 2.94. The number of rotatable bonds is 3. The van der Waals surface area contributed by atoms with Gasteiger partial charge in [0.15, 0.2) is 0 Å². The van der Waals surface area contributed by atoms with Crippen molar-refractivity contribution in [3.05, 3.63) is 22.5 Å². The topological polar surface area (TPSA) is 94.2 Å². The van der Waals surface area contributed by atoms with Crippen molar-refractivity contribution in [1.29, 1.82) is 0 Å². The van der Waals surface area contributed by atoms with Gasteiger partial charge in [0.05, 0.1) is 5.56 Å². The summed E-state index contributed by atoms with van der Waals surface area (Å²) in [5.41, 5.74) is 7.27. The lowest BCUT2D eigenvalue weighted by molar-refractivity contribution is -0.116. The number of ketones is 1. The van der Waals surface area contributed by atoms with E-state index in [4.69, 9.17) is 5.73 Å². The zero-order chi connectivity index (χ0) is 13.4. The standard InChI is InChI=1S/C12H15N3O3/c1-6-8(10(16)12(18)14-2)7-4-3-5-15(7)9(6)11(13)17/h3-5H2,1-2H3,(H2,13,17)(H,14,18). The number of nitrogens with one attached hydrogen (secondary N) is 1. The van der Waals surface area contributed by atoms with Crippen LogP contribution in [0.25, 0.3) is 0 Å². The first-order chi connectivity index (χ1) is 8.49. The summed E-state index contributed by atoms with van der Waals surface area (Å²) in [4.78, 5) is 34.9. The van der Waals surface area contributed by atoms with Crippen LogP contribution >= 0.6 is 0 Å². The molecule has 0 fully saturated rings. The van der Waals surface area contributed by atoms with E-state index in [2.05, 4.69) is 5.32 Å². The number of carbonyl (C=O) groups excluding carboxylic acids is 3. The van der Waals surface area contributed by atoms with Crippen LogP contribution in [0.15, 0.2) is 0 Å². The normalized spacial score (nSPS) is 13.2. The van der Waals surface area contributed by atoms with Gasteiger partial charge in [-0.1, -0.05) is 0 Å². The van der Waals surface area contributed by atoms with Gasteiger partial charge in [-0.15, -0.1) is 0 Å². The van der Waals surface area contributed by atoms with Gasteiger partial charge in [-0.2, -0.15) is 0 Å². The van der Waals surface area contributed by atoms with Crippen molar-refractivity contribution in [2.24, 2.45) is 5.73 Å². The highest BCUT2D eigenvalue weighted by molar-refractivity contribution is 6.43. The maximum absolute atomic E-state index is 12.0. The Labute approximate surface area is 104 Å². The Hall–Kier alpha value is -2.11. The van der Waals surface area contributed by atoms with Crippen LogP contribution in [0.4, 0.5) is 0 Å². The van der Waals surface area contributed by atoms with Gasteiger partial charge in [0, 0.05) is 19.3 Å². The van der Waals surface area contributed by atoms with Crippen LogP contribution in [0.3, 0.4) is 0 Å². The molecule has 0 bridgehead atoms. The number of hydrogen-bond donors (Lipinski definition) is 2. The fraction of sp³-hybridized carbons (Fsp3) is 0.417. The first-order valence-electron chi connectivity index (χ1n) is 5.77. The second-order valence-corrected chi connectivity index (χ2v) is 4.32. The first kappa shape index (κ1) is 12.3. The summed E-state index contributed by atoms with van der Waals surface area (Å²) in [6.45, 7) is 2.32. The molecular formula is C12H15N3O3. The van der Waals surface area contributed by atoms with Gasteiger partial charge < -0.3 is 15.6 Å².